The summed E-state index contributed by atoms with van der Waals surface area (Å²) in [4.78, 5) is 22.1. The summed E-state index contributed by atoms with van der Waals surface area (Å²) < 4.78 is 0. The van der Waals surface area contributed by atoms with Gasteiger partial charge in [-0.2, -0.15) is 0 Å². The second-order valence-corrected chi connectivity index (χ2v) is 3.34. The monoisotopic (exact) mass is 257 g/mol. The summed E-state index contributed by atoms with van der Waals surface area (Å²) in [6.07, 6.45) is 0. The van der Waals surface area contributed by atoms with Crippen LogP contribution in [0.5, 0.6) is 0 Å². The van der Waals surface area contributed by atoms with Gasteiger partial charge in [-0.3, -0.25) is 9.59 Å². The molecule has 1 aromatic carbocycles. The second kappa shape index (κ2) is 7.65. The summed E-state index contributed by atoms with van der Waals surface area (Å²) in [6.45, 7) is 1.69. The standard InChI is InChI=1S/C11H15N3O2.ClH/c1-8(15)13-9-4-3-5-10(6-9)14-11(16)7-12-2;/h3-6,12H,7H2,1-2H3,(H,13,15)(H,14,16);1H. The molecule has 0 saturated carbocycles. The van der Waals surface area contributed by atoms with Crippen LogP contribution in [0.4, 0.5) is 11.4 Å². The van der Waals surface area contributed by atoms with Crippen molar-refractivity contribution in [2.75, 3.05) is 24.2 Å². The maximum absolute atomic E-state index is 11.3. The number of amides is 2. The van der Waals surface area contributed by atoms with E-state index in [1.165, 1.54) is 6.92 Å². The van der Waals surface area contributed by atoms with Gasteiger partial charge in [-0.25, -0.2) is 0 Å². The highest BCUT2D eigenvalue weighted by Gasteiger charge is 2.01. The van der Waals surface area contributed by atoms with Crippen molar-refractivity contribution in [2.24, 2.45) is 0 Å². The molecule has 1 aromatic rings. The zero-order valence-corrected chi connectivity index (χ0v) is 10.6. The number of anilines is 2. The maximum atomic E-state index is 11.3. The lowest BCUT2D eigenvalue weighted by Crippen LogP contribution is -2.25. The van der Waals surface area contributed by atoms with E-state index in [2.05, 4.69) is 16.0 Å². The molecule has 94 valence electrons. The number of likely N-dealkylation sites (N-methyl/N-ethyl adjacent to an activating group) is 1. The molecule has 0 spiro atoms. The largest absolute Gasteiger partial charge is 0.326 e. The summed E-state index contributed by atoms with van der Waals surface area (Å²) in [5.74, 6) is -0.263. The van der Waals surface area contributed by atoms with Crippen molar-refractivity contribution < 1.29 is 9.59 Å². The zero-order valence-electron chi connectivity index (χ0n) is 9.74. The minimum Gasteiger partial charge on any atom is -0.326 e. The minimum atomic E-state index is -0.140. The normalized spacial score (nSPS) is 9.06. The number of halogens is 1. The van der Waals surface area contributed by atoms with Gasteiger partial charge in [0.15, 0.2) is 0 Å². The molecule has 0 bridgehead atoms. The Balaban J connectivity index is 0.00000256. The van der Waals surface area contributed by atoms with Crippen LogP contribution in [0.1, 0.15) is 6.92 Å². The first-order valence-corrected chi connectivity index (χ1v) is 4.94. The van der Waals surface area contributed by atoms with Gasteiger partial charge in [-0.05, 0) is 25.2 Å². The third-order valence-corrected chi connectivity index (χ3v) is 1.80. The first kappa shape index (κ1) is 15.4. The highest BCUT2D eigenvalue weighted by Crippen LogP contribution is 2.14. The number of rotatable bonds is 4. The van der Waals surface area contributed by atoms with E-state index in [-0.39, 0.29) is 30.8 Å². The van der Waals surface area contributed by atoms with Gasteiger partial charge < -0.3 is 16.0 Å². The molecule has 0 unspecified atom stereocenters. The second-order valence-electron chi connectivity index (χ2n) is 3.34. The van der Waals surface area contributed by atoms with Crippen LogP contribution in [0.3, 0.4) is 0 Å². The fraction of sp³-hybridized carbons (Fsp3) is 0.273. The average molecular weight is 258 g/mol. The van der Waals surface area contributed by atoms with Crippen molar-refractivity contribution in [2.45, 2.75) is 6.92 Å². The van der Waals surface area contributed by atoms with E-state index in [0.717, 1.165) is 0 Å². The van der Waals surface area contributed by atoms with E-state index in [4.69, 9.17) is 0 Å². The summed E-state index contributed by atoms with van der Waals surface area (Å²) in [5, 5.41) is 8.10. The number of carbonyl (C=O) groups is 2. The van der Waals surface area contributed by atoms with E-state index in [1.807, 2.05) is 0 Å². The predicted octanol–water partition coefficient (Wildman–Crippen LogP) is 1.22. The Kier molecular flexibility index (Phi) is 6.93. The van der Waals surface area contributed by atoms with E-state index in [9.17, 15) is 9.59 Å². The number of carbonyl (C=O) groups excluding carboxylic acids is 2. The minimum absolute atomic E-state index is 0. The molecule has 5 nitrogen and oxygen atoms in total. The molecule has 0 aliphatic rings. The molecule has 1 rings (SSSR count). The van der Waals surface area contributed by atoms with Gasteiger partial charge in [0.05, 0.1) is 6.54 Å². The Labute approximate surface area is 106 Å². The fourth-order valence-electron chi connectivity index (χ4n) is 1.24. The molecule has 0 atom stereocenters. The first-order chi connectivity index (χ1) is 7.61. The van der Waals surface area contributed by atoms with Crippen LogP contribution in [0.25, 0.3) is 0 Å². The SMILES string of the molecule is CNCC(=O)Nc1cccc(NC(C)=O)c1.Cl. The van der Waals surface area contributed by atoms with Crippen LogP contribution >= 0.6 is 12.4 Å². The molecule has 17 heavy (non-hydrogen) atoms. The van der Waals surface area contributed by atoms with Gasteiger partial charge in [-0.1, -0.05) is 6.07 Å². The third-order valence-electron chi connectivity index (χ3n) is 1.80. The van der Waals surface area contributed by atoms with E-state index in [1.54, 1.807) is 31.3 Å². The maximum Gasteiger partial charge on any atom is 0.238 e. The highest BCUT2D eigenvalue weighted by molar-refractivity contribution is 5.94. The summed E-state index contributed by atoms with van der Waals surface area (Å²) in [7, 11) is 1.70. The lowest BCUT2D eigenvalue weighted by atomic mass is 10.2. The van der Waals surface area contributed by atoms with Crippen LogP contribution < -0.4 is 16.0 Å². The van der Waals surface area contributed by atoms with Crippen LogP contribution in [-0.4, -0.2) is 25.4 Å². The van der Waals surface area contributed by atoms with Crippen LogP contribution in [-0.2, 0) is 9.59 Å². The van der Waals surface area contributed by atoms with Crippen molar-refractivity contribution in [3.05, 3.63) is 24.3 Å². The van der Waals surface area contributed by atoms with Gasteiger partial charge >= 0.3 is 0 Å². The summed E-state index contributed by atoms with van der Waals surface area (Å²) >= 11 is 0. The molecule has 0 saturated heterocycles. The van der Waals surface area contributed by atoms with Crippen molar-refractivity contribution in [1.82, 2.24) is 5.32 Å². The lowest BCUT2D eigenvalue weighted by Gasteiger charge is -2.07. The molecular weight excluding hydrogens is 242 g/mol. The quantitative estimate of drug-likeness (QED) is 0.760. The Morgan fingerprint density at radius 3 is 2.29 bits per heavy atom. The number of hydrogen-bond acceptors (Lipinski definition) is 3. The van der Waals surface area contributed by atoms with E-state index in [0.29, 0.717) is 11.4 Å². The molecule has 0 fully saturated rings. The van der Waals surface area contributed by atoms with Crippen molar-refractivity contribution in [3.8, 4) is 0 Å². The Bertz CT molecular complexity index is 396. The summed E-state index contributed by atoms with van der Waals surface area (Å²) in [5.41, 5.74) is 1.32. The molecule has 3 N–H and O–H groups in total. The molecule has 0 aromatic heterocycles. The van der Waals surface area contributed by atoms with Crippen LogP contribution in [0.15, 0.2) is 24.3 Å². The Hall–Kier alpha value is -1.59. The molecule has 2 amide bonds. The molecule has 0 aliphatic carbocycles. The van der Waals surface area contributed by atoms with Gasteiger partial charge in [-0.15, -0.1) is 12.4 Å². The average Bonchev–Trinajstić information content (AvgIpc) is 2.17. The molecule has 6 heteroatoms. The van der Waals surface area contributed by atoms with Gasteiger partial charge in [0.2, 0.25) is 11.8 Å². The Morgan fingerprint density at radius 2 is 1.76 bits per heavy atom. The third kappa shape index (κ3) is 5.89. The van der Waals surface area contributed by atoms with Gasteiger partial charge in [0, 0.05) is 18.3 Å². The molecular formula is C11H16ClN3O2. The van der Waals surface area contributed by atoms with E-state index >= 15 is 0 Å². The Morgan fingerprint density at radius 1 is 1.18 bits per heavy atom. The van der Waals surface area contributed by atoms with Gasteiger partial charge in [0.1, 0.15) is 0 Å². The van der Waals surface area contributed by atoms with Crippen molar-refractivity contribution in [1.29, 1.82) is 0 Å². The number of benzene rings is 1. The van der Waals surface area contributed by atoms with Crippen molar-refractivity contribution in [3.63, 3.8) is 0 Å². The van der Waals surface area contributed by atoms with Gasteiger partial charge in [0.25, 0.3) is 0 Å². The lowest BCUT2D eigenvalue weighted by molar-refractivity contribution is -0.115. The molecule has 0 aliphatic heterocycles. The van der Waals surface area contributed by atoms with E-state index < -0.39 is 0 Å². The van der Waals surface area contributed by atoms with Crippen LogP contribution in [0.2, 0.25) is 0 Å². The van der Waals surface area contributed by atoms with Crippen molar-refractivity contribution >= 4 is 35.6 Å². The zero-order chi connectivity index (χ0) is 12.0. The highest BCUT2D eigenvalue weighted by atomic mass is 35.5. The smallest absolute Gasteiger partial charge is 0.238 e. The molecule has 0 heterocycles. The fourth-order valence-corrected chi connectivity index (χ4v) is 1.24. The molecule has 0 radical (unpaired) electrons. The topological polar surface area (TPSA) is 70.2 Å². The number of nitrogens with one attached hydrogen (secondary N) is 3. The van der Waals surface area contributed by atoms with Crippen LogP contribution in [0, 0.1) is 0 Å². The summed E-state index contributed by atoms with van der Waals surface area (Å²) in [6, 6.07) is 6.99. The first-order valence-electron chi connectivity index (χ1n) is 4.94. The predicted molar refractivity (Wildman–Crippen MR) is 70.6 cm³/mol. The number of hydrogen-bond donors (Lipinski definition) is 3.